The molecule has 222 valence electrons. The van der Waals surface area contributed by atoms with Crippen LogP contribution in [0.5, 0.6) is 5.75 Å². The topological polar surface area (TPSA) is 95.9 Å². The SMILES string of the molecule is C[C@@H]1CC/C=C/C(O)[C@@H]2CC[C@H]2CN2CCCC(F)(F)c3cc(Cl)ccc3COc3ccc(cc32)C(=O)NS1(=O)=O. The second-order valence-corrected chi connectivity index (χ2v) is 13.8. The van der Waals surface area contributed by atoms with Crippen molar-refractivity contribution in [1.82, 2.24) is 4.72 Å². The van der Waals surface area contributed by atoms with Crippen molar-refractivity contribution in [2.45, 2.75) is 69.3 Å². The Morgan fingerprint density at radius 3 is 2.71 bits per heavy atom. The van der Waals surface area contributed by atoms with Crippen LogP contribution in [-0.4, -0.2) is 43.9 Å². The number of ether oxygens (including phenoxy) is 1. The maximum Gasteiger partial charge on any atom is 0.273 e. The second-order valence-electron chi connectivity index (χ2n) is 11.3. The zero-order valence-corrected chi connectivity index (χ0v) is 24.4. The predicted octanol–water partition coefficient (Wildman–Crippen LogP) is 5.80. The van der Waals surface area contributed by atoms with Crippen LogP contribution < -0.4 is 14.4 Å². The number of allylic oxidation sites excluding steroid dienone is 1. The number of benzene rings is 2. The number of nitrogens with one attached hydrogen (secondary N) is 1. The summed E-state index contributed by atoms with van der Waals surface area (Å²) in [6.07, 6.45) is 4.97. The van der Waals surface area contributed by atoms with E-state index in [1.165, 1.54) is 25.1 Å². The number of nitrogens with zero attached hydrogens (tertiary/aromatic N) is 1. The maximum absolute atomic E-state index is 15.4. The van der Waals surface area contributed by atoms with Gasteiger partial charge in [0, 0.05) is 35.7 Å². The Balaban J connectivity index is 1.56. The summed E-state index contributed by atoms with van der Waals surface area (Å²) in [4.78, 5) is 15.1. The minimum atomic E-state index is -3.96. The van der Waals surface area contributed by atoms with E-state index in [0.29, 0.717) is 36.4 Å². The first-order valence-corrected chi connectivity index (χ1v) is 16.0. The average Bonchev–Trinajstić information content (AvgIpc) is 2.91. The van der Waals surface area contributed by atoms with Gasteiger partial charge in [0.15, 0.2) is 0 Å². The van der Waals surface area contributed by atoms with E-state index in [4.69, 9.17) is 16.3 Å². The van der Waals surface area contributed by atoms with E-state index in [0.717, 1.165) is 12.8 Å². The smallest absolute Gasteiger partial charge is 0.273 e. The van der Waals surface area contributed by atoms with Crippen LogP contribution in [0.1, 0.15) is 66.9 Å². The van der Waals surface area contributed by atoms with Crippen molar-refractivity contribution < 1.29 is 31.8 Å². The number of halogens is 3. The van der Waals surface area contributed by atoms with Gasteiger partial charge in [0.1, 0.15) is 12.4 Å². The summed E-state index contributed by atoms with van der Waals surface area (Å²) in [7, 11) is -3.96. The van der Waals surface area contributed by atoms with Gasteiger partial charge in [-0.15, -0.1) is 0 Å². The Labute approximate surface area is 244 Å². The highest BCUT2D eigenvalue weighted by molar-refractivity contribution is 7.90. The van der Waals surface area contributed by atoms with Gasteiger partial charge in [-0.25, -0.2) is 21.9 Å². The zero-order valence-electron chi connectivity index (χ0n) is 22.9. The van der Waals surface area contributed by atoms with Crippen LogP contribution in [0, 0.1) is 11.8 Å². The van der Waals surface area contributed by atoms with Crippen LogP contribution in [0.3, 0.4) is 0 Å². The lowest BCUT2D eigenvalue weighted by Crippen LogP contribution is -2.43. The standard InChI is InChI=1S/C30H35ClF2N2O5S/c1-19-5-2-3-6-27(36)24-11-8-21(24)17-35-14-4-13-30(32,33)25-16-23(31)10-7-22(25)18-40-28-12-9-20(15-26(28)35)29(37)34-41(19,38)39/h3,6-7,9-10,12,15-16,19,21,24,27,36H,2,4-5,8,11,13-14,17-18H2,1H3,(H,34,37)/b6-3+/t19-,21+,24-,27?/m1/s1. The van der Waals surface area contributed by atoms with Crippen LogP contribution in [0.2, 0.25) is 5.02 Å². The summed E-state index contributed by atoms with van der Waals surface area (Å²) in [5.41, 5.74) is 0.781. The summed E-state index contributed by atoms with van der Waals surface area (Å²) in [6, 6.07) is 8.99. The summed E-state index contributed by atoms with van der Waals surface area (Å²) in [5.74, 6) is -3.41. The summed E-state index contributed by atoms with van der Waals surface area (Å²) in [5, 5.41) is 10.3. The monoisotopic (exact) mass is 608 g/mol. The Hall–Kier alpha value is -2.69. The highest BCUT2D eigenvalue weighted by Gasteiger charge is 2.38. The Morgan fingerprint density at radius 1 is 1.15 bits per heavy atom. The molecule has 0 spiro atoms. The molecule has 41 heavy (non-hydrogen) atoms. The fraction of sp³-hybridized carbons (Fsp3) is 0.500. The van der Waals surface area contributed by atoms with Gasteiger partial charge in [-0.05, 0) is 86.8 Å². The average molecular weight is 609 g/mol. The number of aliphatic hydroxyl groups excluding tert-OH is 1. The van der Waals surface area contributed by atoms with Crippen molar-refractivity contribution in [3.05, 3.63) is 70.3 Å². The molecule has 2 aromatic rings. The molecule has 5 rings (SSSR count). The largest absolute Gasteiger partial charge is 0.487 e. The van der Waals surface area contributed by atoms with Gasteiger partial charge in [-0.1, -0.05) is 29.8 Å². The molecule has 2 aromatic carbocycles. The van der Waals surface area contributed by atoms with E-state index in [9.17, 15) is 18.3 Å². The summed E-state index contributed by atoms with van der Waals surface area (Å²) in [6.45, 7) is 2.11. The number of anilines is 1. The van der Waals surface area contributed by atoms with Gasteiger partial charge in [0.2, 0.25) is 10.0 Å². The molecular formula is C30H35ClF2N2O5S. The predicted molar refractivity (Wildman–Crippen MR) is 154 cm³/mol. The third kappa shape index (κ3) is 6.54. The van der Waals surface area contributed by atoms with Gasteiger partial charge in [-0.3, -0.25) is 4.79 Å². The highest BCUT2D eigenvalue weighted by atomic mass is 35.5. The molecule has 0 aromatic heterocycles. The van der Waals surface area contributed by atoms with Crippen LogP contribution in [0.15, 0.2) is 48.6 Å². The Bertz CT molecular complexity index is 1430. The molecule has 3 aliphatic rings. The van der Waals surface area contributed by atoms with Crippen molar-refractivity contribution in [3.8, 4) is 5.75 Å². The number of rotatable bonds is 0. The lowest BCUT2D eigenvalue weighted by molar-refractivity contribution is -0.0163. The van der Waals surface area contributed by atoms with Crippen LogP contribution in [0.4, 0.5) is 14.5 Å². The third-order valence-corrected chi connectivity index (χ3v) is 10.5. The number of fused-ring (bicyclic) bond motifs is 3. The molecule has 0 saturated heterocycles. The van der Waals surface area contributed by atoms with Crippen molar-refractivity contribution in [1.29, 1.82) is 0 Å². The molecule has 2 bridgehead atoms. The van der Waals surface area contributed by atoms with Crippen molar-refractivity contribution in [2.75, 3.05) is 18.0 Å². The number of amides is 1. The molecule has 4 atom stereocenters. The Morgan fingerprint density at radius 2 is 1.95 bits per heavy atom. The second kappa shape index (κ2) is 11.9. The lowest BCUT2D eigenvalue weighted by Gasteiger charge is -2.42. The van der Waals surface area contributed by atoms with Crippen molar-refractivity contribution >= 4 is 33.2 Å². The van der Waals surface area contributed by atoms with Crippen LogP contribution >= 0.6 is 11.6 Å². The van der Waals surface area contributed by atoms with Crippen molar-refractivity contribution in [2.24, 2.45) is 11.8 Å². The first-order chi connectivity index (χ1) is 19.4. The molecule has 1 aliphatic carbocycles. The number of carbonyl (C=O) groups excluding carboxylic acids is 1. The first kappa shape index (κ1) is 29.8. The fourth-order valence-electron chi connectivity index (χ4n) is 5.84. The maximum atomic E-state index is 15.4. The molecule has 1 unspecified atom stereocenters. The van der Waals surface area contributed by atoms with Gasteiger partial charge >= 0.3 is 0 Å². The van der Waals surface area contributed by atoms with E-state index in [2.05, 4.69) is 4.72 Å². The number of hydrogen-bond donors (Lipinski definition) is 2. The molecule has 2 heterocycles. The quantitative estimate of drug-likeness (QED) is 0.367. The zero-order chi connectivity index (χ0) is 29.4. The molecule has 2 N–H and O–H groups in total. The third-order valence-electron chi connectivity index (χ3n) is 8.54. The van der Waals surface area contributed by atoms with E-state index < -0.39 is 39.6 Å². The molecule has 11 heteroatoms. The van der Waals surface area contributed by atoms with Gasteiger partial charge < -0.3 is 14.7 Å². The van der Waals surface area contributed by atoms with Gasteiger partial charge in [0.05, 0.1) is 17.0 Å². The molecule has 1 saturated carbocycles. The van der Waals surface area contributed by atoms with E-state index >= 15 is 8.78 Å². The number of carbonyl (C=O) groups is 1. The van der Waals surface area contributed by atoms with Gasteiger partial charge in [0.25, 0.3) is 11.8 Å². The van der Waals surface area contributed by atoms with E-state index in [1.807, 2.05) is 4.90 Å². The van der Waals surface area contributed by atoms with Crippen LogP contribution in [-0.2, 0) is 22.6 Å². The normalized spacial score (nSPS) is 28.9. The number of sulfonamides is 1. The fourth-order valence-corrected chi connectivity index (χ4v) is 7.04. The van der Waals surface area contributed by atoms with E-state index in [1.54, 1.807) is 30.4 Å². The molecular weight excluding hydrogens is 574 g/mol. The molecule has 1 fully saturated rings. The lowest BCUT2D eigenvalue weighted by atomic mass is 9.70. The summed E-state index contributed by atoms with van der Waals surface area (Å²) < 4.78 is 64.9. The minimum Gasteiger partial charge on any atom is -0.487 e. The van der Waals surface area contributed by atoms with E-state index in [-0.39, 0.29) is 47.6 Å². The minimum absolute atomic E-state index is 0.0119. The van der Waals surface area contributed by atoms with Crippen LogP contribution in [0.25, 0.3) is 0 Å². The number of aliphatic hydroxyl groups is 1. The number of alkyl halides is 2. The van der Waals surface area contributed by atoms with Gasteiger partial charge in [-0.2, -0.15) is 0 Å². The highest BCUT2D eigenvalue weighted by Crippen LogP contribution is 2.42. The molecule has 1 amide bonds. The molecule has 7 nitrogen and oxygen atoms in total. The summed E-state index contributed by atoms with van der Waals surface area (Å²) >= 11 is 6.08. The molecule has 0 radical (unpaired) electrons. The first-order valence-electron chi connectivity index (χ1n) is 14.0. The van der Waals surface area contributed by atoms with Crippen molar-refractivity contribution in [3.63, 3.8) is 0 Å². The molecule has 2 aliphatic heterocycles. The Kier molecular flexibility index (Phi) is 8.64. The number of hydrogen-bond acceptors (Lipinski definition) is 6.